The zero-order valence-corrected chi connectivity index (χ0v) is 13.8. The first-order valence-corrected chi connectivity index (χ1v) is 8.65. The first-order valence-electron chi connectivity index (χ1n) is 7.86. The summed E-state index contributed by atoms with van der Waals surface area (Å²) in [5, 5.41) is 3.71. The molecule has 0 amide bonds. The number of ether oxygens (including phenoxy) is 1. The van der Waals surface area contributed by atoms with Crippen molar-refractivity contribution in [2.24, 2.45) is 11.8 Å². The SMILES string of the molecule is COc1cc(NC2CCC3CCCCC3C2)ccc1Br. The molecule has 1 N–H and O–H groups in total. The van der Waals surface area contributed by atoms with Gasteiger partial charge in [-0.2, -0.15) is 0 Å². The molecule has 2 fully saturated rings. The molecule has 0 radical (unpaired) electrons. The lowest BCUT2D eigenvalue weighted by Gasteiger charge is -2.39. The summed E-state index contributed by atoms with van der Waals surface area (Å²) < 4.78 is 6.39. The second-order valence-corrected chi connectivity index (χ2v) is 7.16. The summed E-state index contributed by atoms with van der Waals surface area (Å²) in [5.74, 6) is 2.88. The minimum Gasteiger partial charge on any atom is -0.495 e. The highest BCUT2D eigenvalue weighted by molar-refractivity contribution is 9.10. The number of anilines is 1. The van der Waals surface area contributed by atoms with Crippen molar-refractivity contribution in [3.8, 4) is 5.75 Å². The summed E-state index contributed by atoms with van der Waals surface area (Å²) in [6.07, 6.45) is 9.91. The van der Waals surface area contributed by atoms with Crippen molar-refractivity contribution in [1.82, 2.24) is 0 Å². The van der Waals surface area contributed by atoms with Crippen molar-refractivity contribution in [2.45, 2.75) is 51.0 Å². The van der Waals surface area contributed by atoms with Gasteiger partial charge in [-0.3, -0.25) is 0 Å². The standard InChI is InChI=1S/C17H24BrNO/c1-20-17-11-15(8-9-16(17)18)19-14-7-6-12-4-2-3-5-13(12)10-14/h8-9,11-14,19H,2-7,10H2,1H3. The van der Waals surface area contributed by atoms with E-state index in [2.05, 4.69) is 39.4 Å². The highest BCUT2D eigenvalue weighted by atomic mass is 79.9. The highest BCUT2D eigenvalue weighted by Gasteiger charge is 2.32. The van der Waals surface area contributed by atoms with Crippen LogP contribution < -0.4 is 10.1 Å². The van der Waals surface area contributed by atoms with E-state index in [9.17, 15) is 0 Å². The lowest BCUT2D eigenvalue weighted by atomic mass is 9.69. The van der Waals surface area contributed by atoms with Gasteiger partial charge in [-0.05, 0) is 59.2 Å². The molecule has 3 unspecified atom stereocenters. The Kier molecular flexibility index (Phi) is 4.54. The van der Waals surface area contributed by atoms with Crippen molar-refractivity contribution < 1.29 is 4.74 Å². The van der Waals surface area contributed by atoms with E-state index in [4.69, 9.17) is 4.74 Å². The topological polar surface area (TPSA) is 21.3 Å². The van der Waals surface area contributed by atoms with Gasteiger partial charge in [0.05, 0.1) is 11.6 Å². The van der Waals surface area contributed by atoms with Gasteiger partial charge < -0.3 is 10.1 Å². The molecule has 2 aliphatic rings. The van der Waals surface area contributed by atoms with E-state index in [1.54, 1.807) is 7.11 Å². The van der Waals surface area contributed by atoms with Crippen LogP contribution in [0.15, 0.2) is 22.7 Å². The molecule has 1 aromatic carbocycles. The molecule has 3 atom stereocenters. The van der Waals surface area contributed by atoms with Crippen molar-refractivity contribution >= 4 is 21.6 Å². The maximum atomic E-state index is 5.37. The molecular formula is C17H24BrNO. The van der Waals surface area contributed by atoms with Gasteiger partial charge in [0, 0.05) is 17.8 Å². The molecule has 0 aliphatic heterocycles. The summed E-state index contributed by atoms with van der Waals surface area (Å²) >= 11 is 3.51. The Bertz CT molecular complexity index is 462. The number of rotatable bonds is 3. The molecule has 110 valence electrons. The Hall–Kier alpha value is -0.700. The van der Waals surface area contributed by atoms with Crippen LogP contribution in [0, 0.1) is 11.8 Å². The lowest BCUT2D eigenvalue weighted by Crippen LogP contribution is -2.34. The van der Waals surface area contributed by atoms with Crippen LogP contribution in [0.25, 0.3) is 0 Å². The Labute approximate surface area is 130 Å². The molecule has 3 rings (SSSR count). The molecule has 2 aliphatic carbocycles. The zero-order chi connectivity index (χ0) is 13.9. The minimum atomic E-state index is 0.639. The smallest absolute Gasteiger partial charge is 0.135 e. The van der Waals surface area contributed by atoms with Crippen LogP contribution >= 0.6 is 15.9 Å². The molecule has 0 bridgehead atoms. The number of nitrogens with one attached hydrogen (secondary N) is 1. The van der Waals surface area contributed by atoms with Crippen molar-refractivity contribution in [2.75, 3.05) is 12.4 Å². The number of methoxy groups -OCH3 is 1. The molecule has 3 heteroatoms. The van der Waals surface area contributed by atoms with E-state index in [1.165, 1.54) is 50.6 Å². The van der Waals surface area contributed by atoms with Crippen LogP contribution in [-0.2, 0) is 0 Å². The van der Waals surface area contributed by atoms with Crippen LogP contribution in [0.4, 0.5) is 5.69 Å². The third-order valence-corrected chi connectivity index (χ3v) is 5.72. The van der Waals surface area contributed by atoms with Crippen molar-refractivity contribution in [1.29, 1.82) is 0 Å². The van der Waals surface area contributed by atoms with Gasteiger partial charge in [0.15, 0.2) is 0 Å². The van der Waals surface area contributed by atoms with Crippen LogP contribution in [0.2, 0.25) is 0 Å². The van der Waals surface area contributed by atoms with Gasteiger partial charge in [-0.1, -0.05) is 25.7 Å². The number of fused-ring (bicyclic) bond motifs is 1. The van der Waals surface area contributed by atoms with E-state index in [0.717, 1.165) is 22.1 Å². The third kappa shape index (κ3) is 3.13. The minimum absolute atomic E-state index is 0.639. The van der Waals surface area contributed by atoms with E-state index < -0.39 is 0 Å². The van der Waals surface area contributed by atoms with Gasteiger partial charge >= 0.3 is 0 Å². The predicted octanol–water partition coefficient (Wildman–Crippen LogP) is 5.23. The second kappa shape index (κ2) is 6.38. The second-order valence-electron chi connectivity index (χ2n) is 6.31. The maximum absolute atomic E-state index is 5.37. The fourth-order valence-electron chi connectivity index (χ4n) is 3.99. The summed E-state index contributed by atoms with van der Waals surface area (Å²) in [6.45, 7) is 0. The van der Waals surface area contributed by atoms with Gasteiger partial charge in [-0.25, -0.2) is 0 Å². The van der Waals surface area contributed by atoms with Crippen molar-refractivity contribution in [3.63, 3.8) is 0 Å². The number of benzene rings is 1. The molecule has 1 aromatic rings. The first-order chi connectivity index (χ1) is 9.76. The van der Waals surface area contributed by atoms with Crippen LogP contribution in [-0.4, -0.2) is 13.2 Å². The van der Waals surface area contributed by atoms with Gasteiger partial charge in [-0.15, -0.1) is 0 Å². The Morgan fingerprint density at radius 2 is 1.90 bits per heavy atom. The van der Waals surface area contributed by atoms with Gasteiger partial charge in [0.1, 0.15) is 5.75 Å². The van der Waals surface area contributed by atoms with Gasteiger partial charge in [0.25, 0.3) is 0 Å². The average Bonchev–Trinajstić information content (AvgIpc) is 2.49. The average molecular weight is 338 g/mol. The van der Waals surface area contributed by atoms with Crippen LogP contribution in [0.3, 0.4) is 0 Å². The first kappa shape index (κ1) is 14.2. The number of halogens is 1. The summed E-state index contributed by atoms with van der Waals surface area (Å²) in [7, 11) is 1.72. The molecule has 2 saturated carbocycles. The lowest BCUT2D eigenvalue weighted by molar-refractivity contribution is 0.162. The molecule has 20 heavy (non-hydrogen) atoms. The van der Waals surface area contributed by atoms with Crippen LogP contribution in [0.1, 0.15) is 44.9 Å². The normalized spacial score (nSPS) is 29.6. The molecule has 0 aromatic heterocycles. The molecular weight excluding hydrogens is 314 g/mol. The Balaban J connectivity index is 1.63. The van der Waals surface area contributed by atoms with Crippen molar-refractivity contribution in [3.05, 3.63) is 22.7 Å². The Morgan fingerprint density at radius 3 is 2.70 bits per heavy atom. The fourth-order valence-corrected chi connectivity index (χ4v) is 4.40. The quantitative estimate of drug-likeness (QED) is 0.815. The third-order valence-electron chi connectivity index (χ3n) is 5.06. The summed E-state index contributed by atoms with van der Waals surface area (Å²) in [6, 6.07) is 6.93. The van der Waals surface area contributed by atoms with E-state index in [0.29, 0.717) is 6.04 Å². The fraction of sp³-hybridized carbons (Fsp3) is 0.647. The molecule has 0 heterocycles. The van der Waals surface area contributed by atoms with E-state index in [1.807, 2.05) is 0 Å². The van der Waals surface area contributed by atoms with E-state index in [-0.39, 0.29) is 0 Å². The molecule has 2 nitrogen and oxygen atoms in total. The zero-order valence-electron chi connectivity index (χ0n) is 12.2. The molecule has 0 saturated heterocycles. The highest BCUT2D eigenvalue weighted by Crippen LogP contribution is 2.41. The predicted molar refractivity (Wildman–Crippen MR) is 87.4 cm³/mol. The number of hydrogen-bond donors (Lipinski definition) is 1. The van der Waals surface area contributed by atoms with E-state index >= 15 is 0 Å². The van der Waals surface area contributed by atoms with Crippen LogP contribution in [0.5, 0.6) is 5.75 Å². The summed E-state index contributed by atoms with van der Waals surface area (Å²) in [4.78, 5) is 0. The largest absolute Gasteiger partial charge is 0.495 e. The molecule has 0 spiro atoms. The maximum Gasteiger partial charge on any atom is 0.135 e. The van der Waals surface area contributed by atoms with Gasteiger partial charge in [0.2, 0.25) is 0 Å². The monoisotopic (exact) mass is 337 g/mol. The number of hydrogen-bond acceptors (Lipinski definition) is 2. The Morgan fingerprint density at radius 1 is 1.10 bits per heavy atom. The summed E-state index contributed by atoms with van der Waals surface area (Å²) in [5.41, 5.74) is 1.18.